The number of para-hydroxylation sites is 1. The molecular weight excluding hydrogens is 288 g/mol. The summed E-state index contributed by atoms with van der Waals surface area (Å²) in [5.41, 5.74) is 1.16. The lowest BCUT2D eigenvalue weighted by Crippen LogP contribution is -2.46. The third-order valence-corrected chi connectivity index (χ3v) is 4.94. The lowest BCUT2D eigenvalue weighted by Gasteiger charge is -2.32. The number of hydrogen-bond donors (Lipinski definition) is 1. The molecule has 0 unspecified atom stereocenters. The highest BCUT2D eigenvalue weighted by Gasteiger charge is 2.26. The van der Waals surface area contributed by atoms with E-state index in [0.717, 1.165) is 56.1 Å². The van der Waals surface area contributed by atoms with Gasteiger partial charge in [-0.2, -0.15) is 0 Å². The van der Waals surface area contributed by atoms with Crippen LogP contribution < -0.4 is 10.1 Å². The standard InChI is InChI=1S/C19H28N2O2/c1-2-16-5-3-4-6-18(16)23-14-19(22)21-11-9-17(10-12-21)20-13-15-7-8-15/h3-6,15,17,20H,2,7-14H2,1H3. The van der Waals surface area contributed by atoms with E-state index < -0.39 is 0 Å². The molecular formula is C19H28N2O2. The maximum absolute atomic E-state index is 12.3. The highest BCUT2D eigenvalue weighted by Crippen LogP contribution is 2.28. The molecule has 2 fully saturated rings. The van der Waals surface area contributed by atoms with E-state index in [0.29, 0.717) is 6.04 Å². The number of carbonyl (C=O) groups excluding carboxylic acids is 1. The van der Waals surface area contributed by atoms with E-state index in [4.69, 9.17) is 4.74 Å². The van der Waals surface area contributed by atoms with E-state index in [2.05, 4.69) is 18.3 Å². The van der Waals surface area contributed by atoms with Crippen molar-refractivity contribution in [2.24, 2.45) is 5.92 Å². The highest BCUT2D eigenvalue weighted by atomic mass is 16.5. The van der Waals surface area contributed by atoms with Gasteiger partial charge in [0.05, 0.1) is 0 Å². The number of carbonyl (C=O) groups is 1. The fourth-order valence-corrected chi connectivity index (χ4v) is 3.16. The predicted molar refractivity (Wildman–Crippen MR) is 91.6 cm³/mol. The van der Waals surface area contributed by atoms with E-state index in [1.54, 1.807) is 0 Å². The lowest BCUT2D eigenvalue weighted by atomic mass is 10.0. The molecule has 1 saturated carbocycles. The molecule has 0 aromatic heterocycles. The number of nitrogens with one attached hydrogen (secondary N) is 1. The molecule has 0 spiro atoms. The van der Waals surface area contributed by atoms with Crippen LogP contribution in [0.25, 0.3) is 0 Å². The minimum absolute atomic E-state index is 0.108. The highest BCUT2D eigenvalue weighted by molar-refractivity contribution is 5.77. The lowest BCUT2D eigenvalue weighted by molar-refractivity contribution is -0.134. The van der Waals surface area contributed by atoms with Crippen molar-refractivity contribution in [2.45, 2.75) is 45.1 Å². The predicted octanol–water partition coefficient (Wildman–Crippen LogP) is 2.62. The van der Waals surface area contributed by atoms with Crippen molar-refractivity contribution in [3.63, 3.8) is 0 Å². The maximum atomic E-state index is 12.3. The van der Waals surface area contributed by atoms with Crippen LogP contribution in [0.2, 0.25) is 0 Å². The van der Waals surface area contributed by atoms with E-state index >= 15 is 0 Å². The monoisotopic (exact) mass is 316 g/mol. The zero-order valence-electron chi connectivity index (χ0n) is 14.1. The van der Waals surface area contributed by atoms with Crippen LogP contribution in [0.3, 0.4) is 0 Å². The maximum Gasteiger partial charge on any atom is 0.260 e. The molecule has 0 radical (unpaired) electrons. The Labute approximate surface area is 139 Å². The number of likely N-dealkylation sites (tertiary alicyclic amines) is 1. The van der Waals surface area contributed by atoms with Gasteiger partial charge in [0.1, 0.15) is 5.75 Å². The Kier molecular flexibility index (Phi) is 5.55. The van der Waals surface area contributed by atoms with Gasteiger partial charge in [-0.1, -0.05) is 25.1 Å². The first-order valence-corrected chi connectivity index (χ1v) is 8.98. The second-order valence-corrected chi connectivity index (χ2v) is 6.76. The Hall–Kier alpha value is -1.55. The van der Waals surface area contributed by atoms with Crippen molar-refractivity contribution in [1.29, 1.82) is 0 Å². The van der Waals surface area contributed by atoms with Crippen molar-refractivity contribution in [2.75, 3.05) is 26.2 Å². The number of amides is 1. The van der Waals surface area contributed by atoms with Crippen LogP contribution in [0.5, 0.6) is 5.75 Å². The minimum atomic E-state index is 0.108. The minimum Gasteiger partial charge on any atom is -0.483 e. The SMILES string of the molecule is CCc1ccccc1OCC(=O)N1CCC(NCC2CC2)CC1. The van der Waals surface area contributed by atoms with Gasteiger partial charge in [-0.25, -0.2) is 0 Å². The molecule has 23 heavy (non-hydrogen) atoms. The Morgan fingerprint density at radius 2 is 1.96 bits per heavy atom. The summed E-state index contributed by atoms with van der Waals surface area (Å²) in [7, 11) is 0. The fraction of sp³-hybridized carbons (Fsp3) is 0.632. The van der Waals surface area contributed by atoms with E-state index in [1.165, 1.54) is 12.8 Å². The number of aryl methyl sites for hydroxylation is 1. The molecule has 1 aliphatic heterocycles. The number of benzene rings is 1. The summed E-state index contributed by atoms with van der Waals surface area (Å²) >= 11 is 0. The number of ether oxygens (including phenoxy) is 1. The Morgan fingerprint density at radius 1 is 1.22 bits per heavy atom. The number of hydrogen-bond acceptors (Lipinski definition) is 3. The van der Waals surface area contributed by atoms with E-state index in [9.17, 15) is 4.79 Å². The van der Waals surface area contributed by atoms with Gasteiger partial charge in [0.2, 0.25) is 0 Å². The summed E-state index contributed by atoms with van der Waals surface area (Å²) in [6.45, 7) is 5.11. The molecule has 1 saturated heterocycles. The average Bonchev–Trinajstić information content (AvgIpc) is 3.43. The van der Waals surface area contributed by atoms with Crippen molar-refractivity contribution in [1.82, 2.24) is 10.2 Å². The van der Waals surface area contributed by atoms with Gasteiger partial charge in [0.25, 0.3) is 5.91 Å². The smallest absolute Gasteiger partial charge is 0.260 e. The van der Waals surface area contributed by atoms with Gasteiger partial charge in [-0.3, -0.25) is 4.79 Å². The summed E-state index contributed by atoms with van der Waals surface area (Å²) in [6, 6.07) is 8.54. The van der Waals surface area contributed by atoms with Crippen molar-refractivity contribution >= 4 is 5.91 Å². The van der Waals surface area contributed by atoms with Crippen LogP contribution in [0.1, 0.15) is 38.2 Å². The number of piperidine rings is 1. The number of nitrogens with zero attached hydrogens (tertiary/aromatic N) is 1. The van der Waals surface area contributed by atoms with Gasteiger partial charge in [0, 0.05) is 19.1 Å². The topological polar surface area (TPSA) is 41.6 Å². The number of rotatable bonds is 7. The van der Waals surface area contributed by atoms with Crippen LogP contribution in [0, 0.1) is 5.92 Å². The second kappa shape index (κ2) is 7.82. The molecule has 1 aliphatic carbocycles. The van der Waals surface area contributed by atoms with Crippen molar-refractivity contribution in [3.05, 3.63) is 29.8 Å². The third-order valence-electron chi connectivity index (χ3n) is 4.94. The molecule has 1 heterocycles. The summed E-state index contributed by atoms with van der Waals surface area (Å²) in [5, 5.41) is 3.65. The first kappa shape index (κ1) is 16.3. The van der Waals surface area contributed by atoms with Crippen LogP contribution in [0.15, 0.2) is 24.3 Å². The molecule has 4 nitrogen and oxygen atoms in total. The fourth-order valence-electron chi connectivity index (χ4n) is 3.16. The quantitative estimate of drug-likeness (QED) is 0.841. The summed E-state index contributed by atoms with van der Waals surface area (Å²) in [6.07, 6.45) is 5.82. The largest absolute Gasteiger partial charge is 0.483 e. The summed E-state index contributed by atoms with van der Waals surface area (Å²) in [5.74, 6) is 1.86. The molecule has 4 heteroatoms. The molecule has 1 aromatic rings. The van der Waals surface area contributed by atoms with Crippen LogP contribution in [-0.2, 0) is 11.2 Å². The summed E-state index contributed by atoms with van der Waals surface area (Å²) in [4.78, 5) is 14.3. The average molecular weight is 316 g/mol. The van der Waals surface area contributed by atoms with Gasteiger partial charge < -0.3 is 15.0 Å². The Balaban J connectivity index is 1.40. The second-order valence-electron chi connectivity index (χ2n) is 6.76. The van der Waals surface area contributed by atoms with Crippen molar-refractivity contribution in [3.8, 4) is 5.75 Å². The van der Waals surface area contributed by atoms with Gasteiger partial charge in [-0.05, 0) is 56.2 Å². The molecule has 1 amide bonds. The molecule has 126 valence electrons. The van der Waals surface area contributed by atoms with Crippen LogP contribution in [0.4, 0.5) is 0 Å². The van der Waals surface area contributed by atoms with Crippen molar-refractivity contribution < 1.29 is 9.53 Å². The van der Waals surface area contributed by atoms with Crippen LogP contribution >= 0.6 is 0 Å². The third kappa shape index (κ3) is 4.71. The van der Waals surface area contributed by atoms with E-state index in [-0.39, 0.29) is 12.5 Å². The zero-order valence-corrected chi connectivity index (χ0v) is 14.1. The summed E-state index contributed by atoms with van der Waals surface area (Å²) < 4.78 is 5.75. The first-order chi connectivity index (χ1) is 11.3. The van der Waals surface area contributed by atoms with Crippen LogP contribution in [-0.4, -0.2) is 43.1 Å². The first-order valence-electron chi connectivity index (χ1n) is 8.98. The normalized spacial score (nSPS) is 18.9. The molecule has 3 rings (SSSR count). The molecule has 1 aromatic carbocycles. The van der Waals surface area contributed by atoms with Gasteiger partial charge in [0.15, 0.2) is 6.61 Å². The van der Waals surface area contributed by atoms with Gasteiger partial charge >= 0.3 is 0 Å². The van der Waals surface area contributed by atoms with Gasteiger partial charge in [-0.15, -0.1) is 0 Å². The van der Waals surface area contributed by atoms with E-state index in [1.807, 2.05) is 23.1 Å². The molecule has 0 bridgehead atoms. The Morgan fingerprint density at radius 3 is 2.65 bits per heavy atom. The molecule has 2 aliphatic rings. The molecule has 1 N–H and O–H groups in total. The zero-order chi connectivity index (χ0) is 16.1. The molecule has 0 atom stereocenters. The Bertz CT molecular complexity index is 520.